The van der Waals surface area contributed by atoms with Crippen LogP contribution in [0.4, 0.5) is 5.69 Å². The summed E-state index contributed by atoms with van der Waals surface area (Å²) in [7, 11) is -4.24. The molecule has 4 aromatic carbocycles. The van der Waals surface area contributed by atoms with Gasteiger partial charge < -0.3 is 10.2 Å². The first-order chi connectivity index (χ1) is 22.0. The lowest BCUT2D eigenvalue weighted by Crippen LogP contribution is -2.53. The Kier molecular flexibility index (Phi) is 12.5. The summed E-state index contributed by atoms with van der Waals surface area (Å²) < 4.78 is 29.4. The molecule has 0 bridgehead atoms. The minimum atomic E-state index is -4.24. The Morgan fingerprint density at radius 1 is 0.826 bits per heavy atom. The van der Waals surface area contributed by atoms with Gasteiger partial charge in [0, 0.05) is 24.5 Å². The molecule has 0 saturated carbocycles. The molecule has 0 radical (unpaired) electrons. The number of hydrogen-bond donors (Lipinski definition) is 1. The molecule has 4 rings (SSSR count). The number of carbonyl (C=O) groups is 2. The van der Waals surface area contributed by atoms with E-state index in [4.69, 9.17) is 34.8 Å². The SMILES string of the molecule is CCCCNC(=O)C(Cc1ccccc1)N(Cc1ccc(Cl)c(Cl)c1)C(=O)CN(c1ccccc1C)S(=O)(=O)c1ccc(Cl)cc1. The molecule has 0 fully saturated rings. The van der Waals surface area contributed by atoms with Gasteiger partial charge in [-0.2, -0.15) is 0 Å². The molecule has 1 unspecified atom stereocenters. The second kappa shape index (κ2) is 16.3. The van der Waals surface area contributed by atoms with E-state index < -0.39 is 28.5 Å². The summed E-state index contributed by atoms with van der Waals surface area (Å²) in [5.41, 5.74) is 2.47. The average Bonchev–Trinajstić information content (AvgIpc) is 3.04. The normalized spacial score (nSPS) is 11.9. The van der Waals surface area contributed by atoms with Gasteiger partial charge in [0.05, 0.1) is 20.6 Å². The van der Waals surface area contributed by atoms with Crippen molar-refractivity contribution in [1.82, 2.24) is 10.2 Å². The number of benzene rings is 4. The Bertz CT molecular complexity index is 1750. The van der Waals surface area contributed by atoms with Crippen molar-refractivity contribution in [3.63, 3.8) is 0 Å². The van der Waals surface area contributed by atoms with Crippen molar-refractivity contribution in [3.8, 4) is 0 Å². The van der Waals surface area contributed by atoms with Crippen LogP contribution in [-0.4, -0.2) is 44.3 Å². The molecule has 0 heterocycles. The van der Waals surface area contributed by atoms with E-state index in [1.807, 2.05) is 37.3 Å². The third-order valence-electron chi connectivity index (χ3n) is 7.50. The zero-order valence-electron chi connectivity index (χ0n) is 25.6. The summed E-state index contributed by atoms with van der Waals surface area (Å²) in [6.45, 7) is 3.66. The summed E-state index contributed by atoms with van der Waals surface area (Å²) in [6.07, 6.45) is 1.86. The molecule has 0 aliphatic heterocycles. The van der Waals surface area contributed by atoms with Crippen molar-refractivity contribution in [2.24, 2.45) is 0 Å². The zero-order valence-corrected chi connectivity index (χ0v) is 28.7. The van der Waals surface area contributed by atoms with Gasteiger partial charge >= 0.3 is 0 Å². The van der Waals surface area contributed by atoms with Crippen molar-refractivity contribution < 1.29 is 18.0 Å². The summed E-state index contributed by atoms with van der Waals surface area (Å²) in [4.78, 5) is 29.8. The van der Waals surface area contributed by atoms with Crippen LogP contribution >= 0.6 is 34.8 Å². The number of nitrogens with zero attached hydrogens (tertiary/aromatic N) is 2. The summed E-state index contributed by atoms with van der Waals surface area (Å²) >= 11 is 18.6. The van der Waals surface area contributed by atoms with Crippen LogP contribution < -0.4 is 9.62 Å². The van der Waals surface area contributed by atoms with Gasteiger partial charge in [-0.25, -0.2) is 8.42 Å². The van der Waals surface area contributed by atoms with Gasteiger partial charge in [0.15, 0.2) is 0 Å². The van der Waals surface area contributed by atoms with Gasteiger partial charge in [-0.05, 0) is 72.5 Å². The van der Waals surface area contributed by atoms with E-state index in [9.17, 15) is 18.0 Å². The summed E-state index contributed by atoms with van der Waals surface area (Å²) in [6, 6.07) is 26.1. The number of aryl methyl sites for hydroxylation is 1. The second-order valence-corrected chi connectivity index (χ2v) is 14.0. The summed E-state index contributed by atoms with van der Waals surface area (Å²) in [5.74, 6) is -0.910. The highest BCUT2D eigenvalue weighted by Gasteiger charge is 2.35. The Morgan fingerprint density at radius 2 is 1.50 bits per heavy atom. The number of carbonyl (C=O) groups excluding carboxylic acids is 2. The van der Waals surface area contributed by atoms with Gasteiger partial charge in [-0.15, -0.1) is 0 Å². The fraction of sp³-hybridized carbons (Fsp3) is 0.257. The van der Waals surface area contributed by atoms with E-state index in [0.717, 1.165) is 22.7 Å². The monoisotopic (exact) mass is 699 g/mol. The van der Waals surface area contributed by atoms with Crippen LogP contribution in [0.25, 0.3) is 0 Å². The zero-order chi connectivity index (χ0) is 33.3. The topological polar surface area (TPSA) is 86.8 Å². The van der Waals surface area contributed by atoms with Crippen LogP contribution in [0.15, 0.2) is 102 Å². The predicted octanol–water partition coefficient (Wildman–Crippen LogP) is 7.71. The fourth-order valence-electron chi connectivity index (χ4n) is 4.99. The molecule has 0 aliphatic rings. The molecule has 46 heavy (non-hydrogen) atoms. The van der Waals surface area contributed by atoms with Crippen LogP contribution in [0.5, 0.6) is 0 Å². The van der Waals surface area contributed by atoms with Crippen molar-refractivity contribution in [2.45, 2.75) is 50.6 Å². The first-order valence-corrected chi connectivity index (χ1v) is 17.5. The third kappa shape index (κ3) is 9.04. The fourth-order valence-corrected chi connectivity index (χ4v) is 6.91. The molecule has 11 heteroatoms. The Hall–Kier alpha value is -3.56. The molecule has 0 spiro atoms. The predicted molar refractivity (Wildman–Crippen MR) is 186 cm³/mol. The highest BCUT2D eigenvalue weighted by atomic mass is 35.5. The number of anilines is 1. The second-order valence-electron chi connectivity index (χ2n) is 10.9. The third-order valence-corrected chi connectivity index (χ3v) is 10.3. The van der Waals surface area contributed by atoms with E-state index in [2.05, 4.69) is 5.32 Å². The molecule has 242 valence electrons. The maximum atomic E-state index is 14.6. The van der Waals surface area contributed by atoms with Gasteiger partial charge in [0.25, 0.3) is 10.0 Å². The standard InChI is InChI=1S/C35H36Cl3N3O4S/c1-3-4-20-39-35(43)33(22-26-11-6-5-7-12-26)40(23-27-14-19-30(37)31(38)21-27)34(42)24-41(32-13-9-8-10-25(32)2)46(44,45)29-17-15-28(36)16-18-29/h5-19,21,33H,3-4,20,22-24H2,1-2H3,(H,39,43). The largest absolute Gasteiger partial charge is 0.354 e. The number of para-hydroxylation sites is 1. The van der Waals surface area contributed by atoms with Gasteiger partial charge in [-0.1, -0.05) is 103 Å². The number of amides is 2. The lowest BCUT2D eigenvalue weighted by molar-refractivity contribution is -0.140. The smallest absolute Gasteiger partial charge is 0.264 e. The molecule has 0 aromatic heterocycles. The van der Waals surface area contributed by atoms with E-state index in [-0.39, 0.29) is 23.8 Å². The number of sulfonamides is 1. The Labute approximate surface area is 286 Å². The van der Waals surface area contributed by atoms with E-state index in [1.54, 1.807) is 49.4 Å². The molecule has 1 N–H and O–H groups in total. The average molecular weight is 701 g/mol. The quantitative estimate of drug-likeness (QED) is 0.137. The van der Waals surface area contributed by atoms with Crippen LogP contribution in [0.3, 0.4) is 0 Å². The first-order valence-electron chi connectivity index (χ1n) is 14.9. The molecular weight excluding hydrogens is 665 g/mol. The van der Waals surface area contributed by atoms with Gasteiger partial charge in [0.2, 0.25) is 11.8 Å². The highest BCUT2D eigenvalue weighted by Crippen LogP contribution is 2.29. The van der Waals surface area contributed by atoms with Crippen LogP contribution in [0.2, 0.25) is 15.1 Å². The first kappa shape index (κ1) is 35.3. The minimum Gasteiger partial charge on any atom is -0.354 e. The number of hydrogen-bond acceptors (Lipinski definition) is 4. The maximum absolute atomic E-state index is 14.6. The molecule has 4 aromatic rings. The lowest BCUT2D eigenvalue weighted by atomic mass is 10.0. The van der Waals surface area contributed by atoms with Gasteiger partial charge in [-0.3, -0.25) is 13.9 Å². The van der Waals surface area contributed by atoms with Crippen molar-refractivity contribution in [2.75, 3.05) is 17.4 Å². The van der Waals surface area contributed by atoms with Gasteiger partial charge in [0.1, 0.15) is 12.6 Å². The molecule has 2 amide bonds. The van der Waals surface area contributed by atoms with E-state index in [1.165, 1.54) is 29.2 Å². The molecule has 1 atom stereocenters. The Balaban J connectivity index is 1.81. The van der Waals surface area contributed by atoms with Crippen molar-refractivity contribution >= 4 is 62.3 Å². The van der Waals surface area contributed by atoms with Crippen molar-refractivity contribution in [1.29, 1.82) is 0 Å². The van der Waals surface area contributed by atoms with Crippen LogP contribution in [0, 0.1) is 6.92 Å². The molecule has 0 aliphatic carbocycles. The molecular formula is C35H36Cl3N3O4S. The van der Waals surface area contributed by atoms with Crippen LogP contribution in [0.1, 0.15) is 36.5 Å². The molecule has 0 saturated heterocycles. The minimum absolute atomic E-state index is 0.0168. The number of rotatable bonds is 14. The number of unbranched alkanes of at least 4 members (excludes halogenated alkanes) is 1. The Morgan fingerprint density at radius 3 is 2.15 bits per heavy atom. The molecule has 7 nitrogen and oxygen atoms in total. The van der Waals surface area contributed by atoms with Crippen LogP contribution in [-0.2, 0) is 32.6 Å². The van der Waals surface area contributed by atoms with E-state index >= 15 is 0 Å². The number of nitrogens with one attached hydrogen (secondary N) is 1. The lowest BCUT2D eigenvalue weighted by Gasteiger charge is -2.34. The summed E-state index contributed by atoms with van der Waals surface area (Å²) in [5, 5.41) is 4.00. The number of halogens is 3. The maximum Gasteiger partial charge on any atom is 0.264 e. The van der Waals surface area contributed by atoms with Crippen molar-refractivity contribution in [3.05, 3.63) is 129 Å². The van der Waals surface area contributed by atoms with E-state index in [0.29, 0.717) is 38.4 Å². The highest BCUT2D eigenvalue weighted by molar-refractivity contribution is 7.92.